The summed E-state index contributed by atoms with van der Waals surface area (Å²) >= 11 is 1.91. The SMILES string of the molecule is CC1CN(Cc2cc3ccccc3s2)CC(C)O1. The van der Waals surface area contributed by atoms with Gasteiger partial charge in [0.25, 0.3) is 0 Å². The second-order valence-corrected chi connectivity index (χ2v) is 6.37. The fourth-order valence-electron chi connectivity index (χ4n) is 2.75. The van der Waals surface area contributed by atoms with Gasteiger partial charge in [0, 0.05) is 29.2 Å². The molecule has 1 aliphatic heterocycles. The van der Waals surface area contributed by atoms with Gasteiger partial charge >= 0.3 is 0 Å². The molecule has 2 aromatic rings. The van der Waals surface area contributed by atoms with Crippen molar-refractivity contribution < 1.29 is 4.74 Å². The largest absolute Gasteiger partial charge is 0.373 e. The molecule has 96 valence electrons. The Kier molecular flexibility index (Phi) is 3.37. The summed E-state index contributed by atoms with van der Waals surface area (Å²) < 4.78 is 7.17. The molecule has 0 radical (unpaired) electrons. The third-order valence-electron chi connectivity index (χ3n) is 3.35. The van der Waals surface area contributed by atoms with Crippen LogP contribution in [0.2, 0.25) is 0 Å². The Morgan fingerprint density at radius 2 is 1.94 bits per heavy atom. The number of morpholine rings is 1. The normalized spacial score (nSPS) is 25.7. The minimum atomic E-state index is 0.350. The highest BCUT2D eigenvalue weighted by molar-refractivity contribution is 7.19. The fraction of sp³-hybridized carbons (Fsp3) is 0.467. The number of hydrogen-bond acceptors (Lipinski definition) is 3. The van der Waals surface area contributed by atoms with E-state index in [-0.39, 0.29) is 0 Å². The lowest BCUT2D eigenvalue weighted by Crippen LogP contribution is -2.44. The first kappa shape index (κ1) is 12.2. The number of fused-ring (bicyclic) bond motifs is 1. The van der Waals surface area contributed by atoms with E-state index in [1.807, 2.05) is 11.3 Å². The standard InChI is InChI=1S/C15H19NOS/c1-11-8-16(9-12(2)17-11)10-14-7-13-5-3-4-6-15(13)18-14/h3-7,11-12H,8-10H2,1-2H3. The molecule has 3 rings (SSSR count). The van der Waals surface area contributed by atoms with Crippen molar-refractivity contribution in [1.82, 2.24) is 4.90 Å². The molecular weight excluding hydrogens is 242 g/mol. The van der Waals surface area contributed by atoms with E-state index >= 15 is 0 Å². The highest BCUT2D eigenvalue weighted by Gasteiger charge is 2.22. The highest BCUT2D eigenvalue weighted by Crippen LogP contribution is 2.27. The molecule has 0 amide bonds. The van der Waals surface area contributed by atoms with Gasteiger partial charge < -0.3 is 4.74 Å². The number of nitrogens with zero attached hydrogens (tertiary/aromatic N) is 1. The lowest BCUT2D eigenvalue weighted by atomic mass is 10.2. The first-order valence-electron chi connectivity index (χ1n) is 6.56. The Morgan fingerprint density at radius 3 is 2.67 bits per heavy atom. The fourth-order valence-corrected chi connectivity index (χ4v) is 3.86. The molecule has 1 aromatic carbocycles. The summed E-state index contributed by atoms with van der Waals surface area (Å²) in [5.74, 6) is 0. The van der Waals surface area contributed by atoms with Crippen LogP contribution < -0.4 is 0 Å². The predicted octanol–water partition coefficient (Wildman–Crippen LogP) is 3.51. The molecule has 1 aliphatic rings. The summed E-state index contributed by atoms with van der Waals surface area (Å²) in [6.45, 7) is 7.45. The van der Waals surface area contributed by atoms with Crippen LogP contribution in [0.4, 0.5) is 0 Å². The van der Waals surface area contributed by atoms with Gasteiger partial charge in [-0.2, -0.15) is 0 Å². The van der Waals surface area contributed by atoms with E-state index < -0.39 is 0 Å². The second kappa shape index (κ2) is 5.00. The van der Waals surface area contributed by atoms with Crippen LogP contribution in [0.25, 0.3) is 10.1 Å². The molecular formula is C15H19NOS. The number of rotatable bonds is 2. The number of thiophene rings is 1. The van der Waals surface area contributed by atoms with Crippen LogP contribution >= 0.6 is 11.3 Å². The van der Waals surface area contributed by atoms with Gasteiger partial charge in [-0.1, -0.05) is 18.2 Å². The van der Waals surface area contributed by atoms with Crippen LogP contribution in [0.3, 0.4) is 0 Å². The lowest BCUT2D eigenvalue weighted by Gasteiger charge is -2.34. The lowest BCUT2D eigenvalue weighted by molar-refractivity contribution is -0.0702. The summed E-state index contributed by atoms with van der Waals surface area (Å²) in [7, 11) is 0. The van der Waals surface area contributed by atoms with Crippen molar-refractivity contribution in [2.24, 2.45) is 0 Å². The molecule has 0 N–H and O–H groups in total. The van der Waals surface area contributed by atoms with Crippen molar-refractivity contribution in [2.45, 2.75) is 32.6 Å². The van der Waals surface area contributed by atoms with Crippen molar-refractivity contribution in [3.05, 3.63) is 35.2 Å². The molecule has 1 aromatic heterocycles. The number of benzene rings is 1. The number of ether oxygens (including phenoxy) is 1. The molecule has 0 spiro atoms. The Labute approximate surface area is 112 Å². The molecule has 0 bridgehead atoms. The molecule has 2 unspecified atom stereocenters. The zero-order chi connectivity index (χ0) is 12.5. The molecule has 1 fully saturated rings. The van der Waals surface area contributed by atoms with Gasteiger partial charge in [0.2, 0.25) is 0 Å². The molecule has 3 heteroatoms. The molecule has 2 nitrogen and oxygen atoms in total. The Morgan fingerprint density at radius 1 is 1.22 bits per heavy atom. The third-order valence-corrected chi connectivity index (χ3v) is 4.45. The van der Waals surface area contributed by atoms with Crippen molar-refractivity contribution >= 4 is 21.4 Å². The van der Waals surface area contributed by atoms with Crippen LogP contribution in [-0.2, 0) is 11.3 Å². The van der Waals surface area contributed by atoms with Gasteiger partial charge in [0.05, 0.1) is 12.2 Å². The van der Waals surface area contributed by atoms with Crippen LogP contribution in [0, 0.1) is 0 Å². The molecule has 0 aliphatic carbocycles. The van der Waals surface area contributed by atoms with E-state index in [4.69, 9.17) is 4.74 Å². The maximum atomic E-state index is 5.77. The summed E-state index contributed by atoms with van der Waals surface area (Å²) in [6.07, 6.45) is 0.700. The molecule has 2 heterocycles. The van der Waals surface area contributed by atoms with Crippen LogP contribution in [-0.4, -0.2) is 30.2 Å². The summed E-state index contributed by atoms with van der Waals surface area (Å²) in [4.78, 5) is 3.96. The number of hydrogen-bond donors (Lipinski definition) is 0. The maximum Gasteiger partial charge on any atom is 0.0678 e. The molecule has 2 atom stereocenters. The summed E-state index contributed by atoms with van der Waals surface area (Å²) in [5.41, 5.74) is 0. The van der Waals surface area contributed by atoms with Gasteiger partial charge in [0.1, 0.15) is 0 Å². The third kappa shape index (κ3) is 2.58. The minimum absolute atomic E-state index is 0.350. The van der Waals surface area contributed by atoms with Crippen LogP contribution in [0.15, 0.2) is 30.3 Å². The quantitative estimate of drug-likeness (QED) is 0.820. The van der Waals surface area contributed by atoms with Crippen molar-refractivity contribution in [2.75, 3.05) is 13.1 Å². The summed E-state index contributed by atoms with van der Waals surface area (Å²) in [5, 5.41) is 1.37. The van der Waals surface area contributed by atoms with E-state index in [1.54, 1.807) is 0 Å². The summed E-state index contributed by atoms with van der Waals surface area (Å²) in [6, 6.07) is 10.9. The van der Waals surface area contributed by atoms with Gasteiger partial charge in [-0.15, -0.1) is 11.3 Å². The smallest absolute Gasteiger partial charge is 0.0678 e. The van der Waals surface area contributed by atoms with E-state index in [9.17, 15) is 0 Å². The van der Waals surface area contributed by atoms with Gasteiger partial charge in [0.15, 0.2) is 0 Å². The van der Waals surface area contributed by atoms with Gasteiger partial charge in [-0.3, -0.25) is 4.90 Å². The molecule has 1 saturated heterocycles. The van der Waals surface area contributed by atoms with Gasteiger partial charge in [-0.05, 0) is 31.4 Å². The van der Waals surface area contributed by atoms with E-state index in [1.165, 1.54) is 15.0 Å². The van der Waals surface area contributed by atoms with Crippen LogP contribution in [0.1, 0.15) is 18.7 Å². The monoisotopic (exact) mass is 261 g/mol. The Balaban J connectivity index is 1.75. The van der Waals surface area contributed by atoms with E-state index in [0.717, 1.165) is 19.6 Å². The molecule has 0 saturated carbocycles. The Bertz CT molecular complexity index is 493. The van der Waals surface area contributed by atoms with E-state index in [0.29, 0.717) is 12.2 Å². The molecule has 18 heavy (non-hydrogen) atoms. The van der Waals surface area contributed by atoms with Crippen molar-refractivity contribution in [3.8, 4) is 0 Å². The first-order chi connectivity index (χ1) is 8.70. The first-order valence-corrected chi connectivity index (χ1v) is 7.37. The van der Waals surface area contributed by atoms with Crippen molar-refractivity contribution in [1.29, 1.82) is 0 Å². The minimum Gasteiger partial charge on any atom is -0.373 e. The maximum absolute atomic E-state index is 5.77. The zero-order valence-corrected chi connectivity index (χ0v) is 11.7. The zero-order valence-electron chi connectivity index (χ0n) is 10.9. The highest BCUT2D eigenvalue weighted by atomic mass is 32.1. The Hall–Kier alpha value is -0.900. The topological polar surface area (TPSA) is 12.5 Å². The average Bonchev–Trinajstić information content (AvgIpc) is 2.69. The van der Waals surface area contributed by atoms with Gasteiger partial charge in [-0.25, -0.2) is 0 Å². The second-order valence-electron chi connectivity index (χ2n) is 5.20. The van der Waals surface area contributed by atoms with E-state index in [2.05, 4.69) is 49.1 Å². The average molecular weight is 261 g/mol. The predicted molar refractivity (Wildman–Crippen MR) is 77.1 cm³/mol. The van der Waals surface area contributed by atoms with Crippen molar-refractivity contribution in [3.63, 3.8) is 0 Å². The van der Waals surface area contributed by atoms with Crippen LogP contribution in [0.5, 0.6) is 0 Å².